The summed E-state index contributed by atoms with van der Waals surface area (Å²) in [5.41, 5.74) is 16.0. The Morgan fingerprint density at radius 3 is 1.57 bits per heavy atom. The number of anilines is 4. The molecule has 0 saturated heterocycles. The predicted molar refractivity (Wildman–Crippen MR) is 259 cm³/mol. The van der Waals surface area contributed by atoms with Gasteiger partial charge < -0.3 is 10.2 Å². The molecular formula is C59H40N2. The van der Waals surface area contributed by atoms with Crippen molar-refractivity contribution in [3.8, 4) is 22.3 Å². The summed E-state index contributed by atoms with van der Waals surface area (Å²) < 4.78 is 0. The summed E-state index contributed by atoms with van der Waals surface area (Å²) in [5, 5.41) is 16.3. The van der Waals surface area contributed by atoms with Crippen molar-refractivity contribution in [3.05, 3.63) is 228 Å². The lowest BCUT2D eigenvalue weighted by Gasteiger charge is -2.31. The largest absolute Gasteiger partial charge is 0.388 e. The van der Waals surface area contributed by atoms with E-state index in [1.807, 2.05) is 7.05 Å². The molecule has 0 heterocycles. The minimum atomic E-state index is -0.463. The van der Waals surface area contributed by atoms with Gasteiger partial charge in [-0.2, -0.15) is 0 Å². The van der Waals surface area contributed by atoms with Crippen LogP contribution in [0.3, 0.4) is 0 Å². The van der Waals surface area contributed by atoms with Crippen molar-refractivity contribution in [2.24, 2.45) is 0 Å². The monoisotopic (exact) mass is 776 g/mol. The molecule has 13 rings (SSSR count). The average molecular weight is 777 g/mol. The molecule has 0 aliphatic heterocycles. The molecular weight excluding hydrogens is 737 g/mol. The fourth-order valence-electron chi connectivity index (χ4n) is 11.4. The first kappa shape index (κ1) is 34.2. The SMILES string of the molecule is CNc1ccc2c(c1)-c1cc(C)ccc1C21c2ccccc2-c2c1ccc1c2c2ccc(N(c3ccccc3)c3ccccc3)cc2c2c3ccccc3c3ccccc3c12. The molecule has 1 atom stereocenters. The number of nitrogens with zero attached hydrogens (tertiary/aromatic N) is 1. The molecule has 61 heavy (non-hydrogen) atoms. The Kier molecular flexibility index (Phi) is 7.10. The Hall–Kier alpha value is -7.68. The highest BCUT2D eigenvalue weighted by Crippen LogP contribution is 2.65. The number of nitrogens with one attached hydrogen (secondary N) is 1. The van der Waals surface area contributed by atoms with Crippen LogP contribution in [0, 0.1) is 6.92 Å². The van der Waals surface area contributed by atoms with Gasteiger partial charge in [-0.15, -0.1) is 0 Å². The van der Waals surface area contributed by atoms with Crippen LogP contribution in [0.2, 0.25) is 0 Å². The van der Waals surface area contributed by atoms with Gasteiger partial charge in [-0.1, -0.05) is 157 Å². The van der Waals surface area contributed by atoms with Gasteiger partial charge in [0.2, 0.25) is 0 Å². The minimum absolute atomic E-state index is 0.463. The maximum atomic E-state index is 3.44. The van der Waals surface area contributed by atoms with E-state index < -0.39 is 5.41 Å². The Bertz CT molecular complexity index is 3600. The lowest BCUT2D eigenvalue weighted by atomic mass is 9.70. The summed E-state index contributed by atoms with van der Waals surface area (Å²) >= 11 is 0. The second-order valence-corrected chi connectivity index (χ2v) is 16.8. The molecule has 11 aromatic rings. The molecule has 11 aromatic carbocycles. The molecule has 0 fully saturated rings. The maximum Gasteiger partial charge on any atom is 0.0725 e. The molecule has 2 aliphatic rings. The second kappa shape index (κ2) is 12.7. The van der Waals surface area contributed by atoms with Crippen LogP contribution in [0.15, 0.2) is 200 Å². The van der Waals surface area contributed by atoms with Crippen molar-refractivity contribution < 1.29 is 0 Å². The van der Waals surface area contributed by atoms with E-state index >= 15 is 0 Å². The van der Waals surface area contributed by atoms with Crippen molar-refractivity contribution in [2.75, 3.05) is 17.3 Å². The van der Waals surface area contributed by atoms with E-state index in [-0.39, 0.29) is 0 Å². The standard InChI is InChI=1S/C59H40N2/c1-36-25-30-52-48(33-36)49-34-37(60-2)26-31-53(49)59(52)51-24-14-13-23-46(51)58-54(59)32-29-47-55-43-21-11-9-19-41(43)42-20-10-12-22-44(42)57(55)50-35-40(27-28-45(50)56(47)58)61(38-15-5-3-6-16-38)39-17-7-4-8-18-39/h3-35,60H,1-2H3. The number of rotatable bonds is 4. The molecule has 1 spiro atoms. The normalized spacial score (nSPS) is 14.8. The van der Waals surface area contributed by atoms with Gasteiger partial charge in [0, 0.05) is 29.8 Å². The van der Waals surface area contributed by atoms with Crippen molar-refractivity contribution in [2.45, 2.75) is 12.3 Å². The number of fused-ring (bicyclic) bond motifs is 22. The molecule has 2 nitrogen and oxygen atoms in total. The molecule has 0 amide bonds. The predicted octanol–water partition coefficient (Wildman–Crippen LogP) is 15.6. The molecule has 0 aromatic heterocycles. The quantitative estimate of drug-likeness (QED) is 0.179. The van der Waals surface area contributed by atoms with Crippen molar-refractivity contribution in [1.29, 1.82) is 0 Å². The first-order chi connectivity index (χ1) is 30.1. The van der Waals surface area contributed by atoms with E-state index in [0.717, 1.165) is 22.7 Å². The van der Waals surface area contributed by atoms with Gasteiger partial charge in [0.25, 0.3) is 0 Å². The van der Waals surface area contributed by atoms with Crippen LogP contribution in [-0.2, 0) is 5.41 Å². The van der Waals surface area contributed by atoms with E-state index in [1.54, 1.807) is 0 Å². The molecule has 286 valence electrons. The third-order valence-electron chi connectivity index (χ3n) is 13.8. The summed E-state index contributed by atoms with van der Waals surface area (Å²) in [6, 6.07) is 75.2. The Morgan fingerprint density at radius 2 is 0.885 bits per heavy atom. The zero-order valence-corrected chi connectivity index (χ0v) is 34.0. The highest BCUT2D eigenvalue weighted by molar-refractivity contribution is 6.41. The topological polar surface area (TPSA) is 15.3 Å². The minimum Gasteiger partial charge on any atom is -0.388 e. The fourth-order valence-corrected chi connectivity index (χ4v) is 11.4. The highest BCUT2D eigenvalue weighted by Gasteiger charge is 2.52. The van der Waals surface area contributed by atoms with Crippen molar-refractivity contribution in [3.63, 3.8) is 0 Å². The average Bonchev–Trinajstić information content (AvgIpc) is 3.78. The number of aryl methyl sites for hydroxylation is 1. The second-order valence-electron chi connectivity index (χ2n) is 16.8. The van der Waals surface area contributed by atoms with E-state index in [4.69, 9.17) is 0 Å². The summed E-state index contributed by atoms with van der Waals surface area (Å²) in [4.78, 5) is 2.40. The summed E-state index contributed by atoms with van der Waals surface area (Å²) in [6.07, 6.45) is 0. The molecule has 2 aliphatic carbocycles. The highest BCUT2D eigenvalue weighted by atomic mass is 15.1. The van der Waals surface area contributed by atoms with Crippen LogP contribution in [0.4, 0.5) is 22.7 Å². The Morgan fingerprint density at radius 1 is 0.361 bits per heavy atom. The third-order valence-corrected chi connectivity index (χ3v) is 13.8. The van der Waals surface area contributed by atoms with Crippen LogP contribution in [0.5, 0.6) is 0 Å². The third kappa shape index (κ3) is 4.51. The molecule has 0 bridgehead atoms. The molecule has 2 heteroatoms. The van der Waals surface area contributed by atoms with E-state index in [0.29, 0.717) is 0 Å². The van der Waals surface area contributed by atoms with Crippen LogP contribution < -0.4 is 10.2 Å². The molecule has 1 unspecified atom stereocenters. The lowest BCUT2D eigenvalue weighted by molar-refractivity contribution is 0.794. The van der Waals surface area contributed by atoms with Gasteiger partial charge in [-0.3, -0.25) is 0 Å². The van der Waals surface area contributed by atoms with Crippen molar-refractivity contribution in [1.82, 2.24) is 0 Å². The first-order valence-electron chi connectivity index (χ1n) is 21.3. The van der Waals surface area contributed by atoms with Crippen molar-refractivity contribution >= 4 is 76.6 Å². The van der Waals surface area contributed by atoms with E-state index in [1.165, 1.54) is 104 Å². The van der Waals surface area contributed by atoms with Gasteiger partial charge in [-0.05, 0) is 154 Å². The summed E-state index contributed by atoms with van der Waals surface area (Å²) in [7, 11) is 2.02. The van der Waals surface area contributed by atoms with Crippen LogP contribution in [-0.4, -0.2) is 7.05 Å². The maximum absolute atomic E-state index is 3.44. The van der Waals surface area contributed by atoms with Crippen LogP contribution in [0.25, 0.3) is 76.1 Å². The molecule has 0 saturated carbocycles. The van der Waals surface area contributed by atoms with Crippen LogP contribution >= 0.6 is 0 Å². The Balaban J connectivity index is 1.24. The number of benzene rings is 11. The summed E-state index contributed by atoms with van der Waals surface area (Å²) in [5.74, 6) is 0. The number of hydrogen-bond donors (Lipinski definition) is 1. The fraction of sp³-hybridized carbons (Fsp3) is 0.0508. The van der Waals surface area contributed by atoms with Gasteiger partial charge in [0.1, 0.15) is 0 Å². The smallest absolute Gasteiger partial charge is 0.0725 e. The lowest BCUT2D eigenvalue weighted by Crippen LogP contribution is -2.25. The van der Waals surface area contributed by atoms with Crippen LogP contribution in [0.1, 0.15) is 27.8 Å². The van der Waals surface area contributed by atoms with Gasteiger partial charge in [0.05, 0.1) is 5.41 Å². The molecule has 1 N–H and O–H groups in total. The van der Waals surface area contributed by atoms with Gasteiger partial charge in [-0.25, -0.2) is 0 Å². The summed E-state index contributed by atoms with van der Waals surface area (Å²) in [6.45, 7) is 2.22. The zero-order chi connectivity index (χ0) is 40.4. The zero-order valence-electron chi connectivity index (χ0n) is 34.0. The first-order valence-corrected chi connectivity index (χ1v) is 21.3. The molecule has 0 radical (unpaired) electrons. The van der Waals surface area contributed by atoms with E-state index in [9.17, 15) is 0 Å². The number of para-hydroxylation sites is 2. The van der Waals surface area contributed by atoms with Gasteiger partial charge >= 0.3 is 0 Å². The van der Waals surface area contributed by atoms with E-state index in [2.05, 4.69) is 217 Å². The Labute approximate surface area is 355 Å². The number of hydrogen-bond acceptors (Lipinski definition) is 2. The van der Waals surface area contributed by atoms with Gasteiger partial charge in [0.15, 0.2) is 0 Å².